The van der Waals surface area contributed by atoms with Crippen LogP contribution in [0, 0.1) is 41.7 Å². The number of allylic oxidation sites excluding steroid dienone is 8. The van der Waals surface area contributed by atoms with Gasteiger partial charge in [-0.25, -0.2) is 0 Å². The fourth-order valence-corrected chi connectivity index (χ4v) is 0.513. The second-order valence-corrected chi connectivity index (χ2v) is 1.54. The van der Waals surface area contributed by atoms with Gasteiger partial charge in [-0.1, -0.05) is 48.6 Å². The van der Waals surface area contributed by atoms with E-state index in [0.29, 0.717) is 0 Å². The zero-order valence-corrected chi connectivity index (χ0v) is 8.26. The van der Waals surface area contributed by atoms with Crippen LogP contribution >= 0.6 is 0 Å². The van der Waals surface area contributed by atoms with Gasteiger partial charge in [0.05, 0.1) is 0 Å². The van der Waals surface area contributed by atoms with Crippen LogP contribution in [0.25, 0.3) is 0 Å². The Morgan fingerprint density at radius 1 is 0.333 bits per heavy atom. The molecule has 0 atom stereocenters. The molecule has 0 bridgehead atoms. The second-order valence-electron chi connectivity index (χ2n) is 1.54. The summed E-state index contributed by atoms with van der Waals surface area (Å²) in [4.78, 5) is 0. The molecule has 0 amide bonds. The molecule has 0 spiro atoms. The van der Waals surface area contributed by atoms with Gasteiger partial charge >= 0.3 is 0 Å². The SMILES string of the molecule is C1=CC=CC=CC=C1.[Ce]. The molecule has 0 N–H and O–H groups in total. The zero-order chi connectivity index (χ0) is 5.66. The maximum absolute atomic E-state index is 2.00. The molecule has 0 heterocycles. The predicted molar refractivity (Wildman–Crippen MR) is 36.6 cm³/mol. The Hall–Kier alpha value is 0.337. The van der Waals surface area contributed by atoms with E-state index in [0.717, 1.165) is 0 Å². The molecule has 1 rings (SSSR count). The maximum atomic E-state index is 2.00. The molecule has 0 fully saturated rings. The largest absolute Gasteiger partial charge is 0.0623 e. The van der Waals surface area contributed by atoms with Crippen molar-refractivity contribution in [2.75, 3.05) is 0 Å². The van der Waals surface area contributed by atoms with Gasteiger partial charge in [0.25, 0.3) is 0 Å². The molecule has 9 heavy (non-hydrogen) atoms. The first kappa shape index (κ1) is 9.34. The third kappa shape index (κ3) is 4.82. The molecule has 0 aromatic rings. The Balaban J connectivity index is 0.000000640. The van der Waals surface area contributed by atoms with Gasteiger partial charge < -0.3 is 0 Å². The van der Waals surface area contributed by atoms with Crippen LogP contribution in [0.15, 0.2) is 48.6 Å². The van der Waals surface area contributed by atoms with E-state index in [1.807, 2.05) is 48.6 Å². The fourth-order valence-electron chi connectivity index (χ4n) is 0.513. The summed E-state index contributed by atoms with van der Waals surface area (Å²) in [6, 6.07) is 0. The molecule has 1 aliphatic rings. The Morgan fingerprint density at radius 2 is 0.444 bits per heavy atom. The number of rotatable bonds is 0. The molecular weight excluding hydrogens is 236 g/mol. The summed E-state index contributed by atoms with van der Waals surface area (Å²) in [5.41, 5.74) is 0. The van der Waals surface area contributed by atoms with E-state index < -0.39 is 0 Å². The molecule has 0 unspecified atom stereocenters. The first-order valence-corrected chi connectivity index (χ1v) is 2.67. The van der Waals surface area contributed by atoms with Crippen molar-refractivity contribution in [1.29, 1.82) is 0 Å². The molecule has 0 nitrogen and oxygen atoms in total. The summed E-state index contributed by atoms with van der Waals surface area (Å²) < 4.78 is 0. The molecule has 0 saturated carbocycles. The average Bonchev–Trinajstić information content (AvgIpc) is 1.62. The number of hydrogen-bond acceptors (Lipinski definition) is 0. The van der Waals surface area contributed by atoms with Gasteiger partial charge in [0.1, 0.15) is 0 Å². The van der Waals surface area contributed by atoms with Crippen molar-refractivity contribution in [2.45, 2.75) is 0 Å². The van der Waals surface area contributed by atoms with Gasteiger partial charge in [-0.2, -0.15) is 0 Å². The Labute approximate surface area is 89.4 Å². The van der Waals surface area contributed by atoms with Gasteiger partial charge in [0.2, 0.25) is 0 Å². The molecule has 0 saturated heterocycles. The van der Waals surface area contributed by atoms with Crippen molar-refractivity contribution in [3.63, 3.8) is 0 Å². The van der Waals surface area contributed by atoms with Crippen molar-refractivity contribution in [3.05, 3.63) is 48.6 Å². The Morgan fingerprint density at radius 3 is 0.556 bits per heavy atom. The normalized spacial score (nSPS) is 14.2. The van der Waals surface area contributed by atoms with Crippen LogP contribution in [-0.4, -0.2) is 0 Å². The van der Waals surface area contributed by atoms with Crippen LogP contribution in [0.4, 0.5) is 0 Å². The molecule has 0 radical (unpaired) electrons. The molecule has 1 heteroatoms. The van der Waals surface area contributed by atoms with E-state index in [2.05, 4.69) is 0 Å². The van der Waals surface area contributed by atoms with E-state index in [9.17, 15) is 0 Å². The van der Waals surface area contributed by atoms with Crippen LogP contribution in [0.3, 0.4) is 0 Å². The third-order valence-electron chi connectivity index (χ3n) is 0.889. The standard InChI is InChI=1S/C8H8.Ce/c1-2-4-6-8-7-5-3-1;/h1-8H;. The molecule has 0 aliphatic heterocycles. The summed E-state index contributed by atoms with van der Waals surface area (Å²) in [7, 11) is 0. The minimum absolute atomic E-state index is 0. The fraction of sp³-hybridized carbons (Fsp3) is 0. The van der Waals surface area contributed by atoms with Gasteiger partial charge in [-0.3, -0.25) is 0 Å². The predicted octanol–water partition coefficient (Wildman–Crippen LogP) is 2.22. The Bertz CT molecular complexity index is 105. The summed E-state index contributed by atoms with van der Waals surface area (Å²) in [6.45, 7) is 0. The topological polar surface area (TPSA) is 0 Å². The summed E-state index contributed by atoms with van der Waals surface area (Å²) in [5.74, 6) is 0. The number of hydrogen-bond donors (Lipinski definition) is 0. The minimum atomic E-state index is 0. The van der Waals surface area contributed by atoms with Crippen molar-refractivity contribution >= 4 is 0 Å². The van der Waals surface area contributed by atoms with E-state index in [1.165, 1.54) is 0 Å². The third-order valence-corrected chi connectivity index (χ3v) is 0.889. The van der Waals surface area contributed by atoms with Crippen LogP contribution < -0.4 is 0 Å². The summed E-state index contributed by atoms with van der Waals surface area (Å²) in [6.07, 6.45) is 16.0. The first-order chi connectivity index (χ1) is 4.00. The smallest absolute Gasteiger partial charge is 0 e. The molecular formula is C8H8Ce. The van der Waals surface area contributed by atoms with Gasteiger partial charge in [-0.15, -0.1) is 0 Å². The second kappa shape index (κ2) is 6.46. The van der Waals surface area contributed by atoms with Crippen molar-refractivity contribution in [3.8, 4) is 0 Å². The van der Waals surface area contributed by atoms with Crippen molar-refractivity contribution in [1.82, 2.24) is 0 Å². The van der Waals surface area contributed by atoms with Crippen molar-refractivity contribution < 1.29 is 41.7 Å². The van der Waals surface area contributed by atoms with Gasteiger partial charge in [0, 0.05) is 41.7 Å². The summed E-state index contributed by atoms with van der Waals surface area (Å²) >= 11 is 0. The maximum Gasteiger partial charge on any atom is 0 e. The van der Waals surface area contributed by atoms with Crippen LogP contribution in [0.5, 0.6) is 0 Å². The molecule has 0 aromatic heterocycles. The Kier molecular flexibility index (Phi) is 6.70. The minimum Gasteiger partial charge on any atom is -0.0623 e. The zero-order valence-electron chi connectivity index (χ0n) is 5.12. The summed E-state index contributed by atoms with van der Waals surface area (Å²) in [5, 5.41) is 0. The van der Waals surface area contributed by atoms with E-state index in [-0.39, 0.29) is 41.7 Å². The quantitative estimate of drug-likeness (QED) is 0.613. The molecule has 44 valence electrons. The van der Waals surface area contributed by atoms with E-state index in [1.54, 1.807) is 0 Å². The van der Waals surface area contributed by atoms with Gasteiger partial charge in [0.15, 0.2) is 0 Å². The average molecular weight is 244 g/mol. The molecule has 1 aliphatic carbocycles. The van der Waals surface area contributed by atoms with Crippen LogP contribution in [0.1, 0.15) is 0 Å². The first-order valence-electron chi connectivity index (χ1n) is 2.67. The van der Waals surface area contributed by atoms with E-state index in [4.69, 9.17) is 0 Å². The van der Waals surface area contributed by atoms with Crippen LogP contribution in [-0.2, 0) is 0 Å². The van der Waals surface area contributed by atoms with Crippen molar-refractivity contribution in [2.24, 2.45) is 0 Å². The monoisotopic (exact) mass is 244 g/mol. The van der Waals surface area contributed by atoms with E-state index >= 15 is 0 Å². The van der Waals surface area contributed by atoms with Crippen LogP contribution in [0.2, 0.25) is 0 Å². The molecule has 0 aromatic carbocycles. The van der Waals surface area contributed by atoms with Gasteiger partial charge in [-0.05, 0) is 0 Å².